The normalized spacial score (nSPS) is 27.8. The second-order valence-electron chi connectivity index (χ2n) is 5.46. The Bertz CT molecular complexity index is 602. The number of methoxy groups -OCH3 is 2. The molecule has 0 N–H and O–H groups in total. The molecule has 23 heavy (non-hydrogen) atoms. The van der Waals surface area contributed by atoms with Crippen molar-refractivity contribution in [2.45, 2.75) is 37.1 Å². The smallest absolute Gasteiger partial charge is 0.417 e. The van der Waals surface area contributed by atoms with Crippen LogP contribution in [0.5, 0.6) is 5.75 Å². The lowest BCUT2D eigenvalue weighted by Crippen LogP contribution is -2.43. The molecule has 1 heterocycles. The molecule has 0 aliphatic carbocycles. The number of carbonyl (C=O) groups is 1. The SMILES string of the molecule is COC(=O)[C@@H]1O[C@@](C)(C(F)(F)F)C[C@H]1c1c(F)cccc1OC. The molecule has 1 fully saturated rings. The van der Waals surface area contributed by atoms with Gasteiger partial charge in [0.1, 0.15) is 11.6 Å². The van der Waals surface area contributed by atoms with Crippen LogP contribution in [0, 0.1) is 5.82 Å². The highest BCUT2D eigenvalue weighted by Crippen LogP contribution is 2.51. The number of hydrogen-bond donors (Lipinski definition) is 0. The molecule has 8 heteroatoms. The summed E-state index contributed by atoms with van der Waals surface area (Å²) in [6, 6.07) is 3.87. The molecule has 1 aromatic carbocycles. The minimum atomic E-state index is -4.72. The lowest BCUT2D eigenvalue weighted by atomic mass is 9.86. The van der Waals surface area contributed by atoms with Crippen molar-refractivity contribution in [1.82, 2.24) is 0 Å². The minimum absolute atomic E-state index is 0.0546. The Balaban J connectivity index is 2.53. The van der Waals surface area contributed by atoms with E-state index >= 15 is 0 Å². The summed E-state index contributed by atoms with van der Waals surface area (Å²) in [5.74, 6) is -2.88. The number of rotatable bonds is 3. The van der Waals surface area contributed by atoms with Crippen LogP contribution in [0.4, 0.5) is 17.6 Å². The Hall–Kier alpha value is -1.83. The van der Waals surface area contributed by atoms with Gasteiger partial charge in [-0.25, -0.2) is 9.18 Å². The molecular weight excluding hydrogens is 320 g/mol. The first-order chi connectivity index (χ1) is 10.6. The molecule has 0 saturated carbocycles. The van der Waals surface area contributed by atoms with Gasteiger partial charge in [0, 0.05) is 11.5 Å². The first-order valence-electron chi connectivity index (χ1n) is 6.79. The summed E-state index contributed by atoms with van der Waals surface area (Å²) in [4.78, 5) is 11.8. The zero-order valence-electron chi connectivity index (χ0n) is 12.7. The third-order valence-electron chi connectivity index (χ3n) is 4.00. The number of alkyl halides is 3. The van der Waals surface area contributed by atoms with E-state index in [1.54, 1.807) is 0 Å². The number of halogens is 4. The van der Waals surface area contributed by atoms with Gasteiger partial charge in [0.2, 0.25) is 0 Å². The van der Waals surface area contributed by atoms with Gasteiger partial charge < -0.3 is 14.2 Å². The molecule has 4 nitrogen and oxygen atoms in total. The highest BCUT2D eigenvalue weighted by Gasteiger charge is 2.62. The first kappa shape index (κ1) is 17.5. The fourth-order valence-corrected chi connectivity index (χ4v) is 2.76. The Morgan fingerprint density at radius 2 is 2.00 bits per heavy atom. The first-order valence-corrected chi connectivity index (χ1v) is 6.79. The monoisotopic (exact) mass is 336 g/mol. The molecule has 0 amide bonds. The third-order valence-corrected chi connectivity index (χ3v) is 4.00. The lowest BCUT2D eigenvalue weighted by Gasteiger charge is -2.26. The molecule has 0 spiro atoms. The number of hydrogen-bond acceptors (Lipinski definition) is 4. The van der Waals surface area contributed by atoms with Crippen molar-refractivity contribution in [3.63, 3.8) is 0 Å². The van der Waals surface area contributed by atoms with Crippen LogP contribution < -0.4 is 4.74 Å². The van der Waals surface area contributed by atoms with E-state index in [0.717, 1.165) is 20.1 Å². The van der Waals surface area contributed by atoms with E-state index < -0.39 is 42.0 Å². The van der Waals surface area contributed by atoms with E-state index in [1.807, 2.05) is 0 Å². The van der Waals surface area contributed by atoms with E-state index in [0.29, 0.717) is 0 Å². The maximum Gasteiger partial charge on any atom is 0.417 e. The van der Waals surface area contributed by atoms with Crippen LogP contribution in [-0.4, -0.2) is 38.1 Å². The molecule has 1 aromatic rings. The van der Waals surface area contributed by atoms with E-state index in [4.69, 9.17) is 9.47 Å². The van der Waals surface area contributed by atoms with Crippen molar-refractivity contribution in [3.05, 3.63) is 29.6 Å². The van der Waals surface area contributed by atoms with Gasteiger partial charge in [-0.15, -0.1) is 0 Å². The molecule has 0 unspecified atom stereocenters. The molecule has 3 atom stereocenters. The highest BCUT2D eigenvalue weighted by molar-refractivity contribution is 5.77. The maximum absolute atomic E-state index is 14.2. The summed E-state index contributed by atoms with van der Waals surface area (Å²) in [7, 11) is 2.30. The minimum Gasteiger partial charge on any atom is -0.496 e. The standard InChI is InChI=1S/C15H16F4O4/c1-14(15(17,18)19)7-8(12(23-14)13(20)22-3)11-9(16)5-4-6-10(11)21-2/h4-6,8,12H,7H2,1-3H3/t8-,12+,14+/m0/s1. The Morgan fingerprint density at radius 3 is 2.52 bits per heavy atom. The zero-order valence-corrected chi connectivity index (χ0v) is 12.7. The summed E-state index contributed by atoms with van der Waals surface area (Å²) in [6.45, 7) is 0.830. The Kier molecular flexibility index (Phi) is 4.57. The predicted octanol–water partition coefficient (Wildman–Crippen LogP) is 3.20. The van der Waals surface area contributed by atoms with Gasteiger partial charge in [0.25, 0.3) is 0 Å². The molecule has 0 aromatic heterocycles. The quantitative estimate of drug-likeness (QED) is 0.628. The maximum atomic E-state index is 14.2. The Labute approximate surface area is 130 Å². The second kappa shape index (κ2) is 5.99. The van der Waals surface area contributed by atoms with E-state index in [9.17, 15) is 22.4 Å². The summed E-state index contributed by atoms with van der Waals surface area (Å²) in [6.07, 6.45) is -6.91. The third kappa shape index (κ3) is 2.99. The van der Waals surface area contributed by atoms with Crippen LogP contribution in [0.2, 0.25) is 0 Å². The van der Waals surface area contributed by atoms with E-state index in [2.05, 4.69) is 4.74 Å². The summed E-state index contributed by atoms with van der Waals surface area (Å²) >= 11 is 0. The average molecular weight is 336 g/mol. The van der Waals surface area contributed by atoms with Crippen LogP contribution in [0.25, 0.3) is 0 Å². The van der Waals surface area contributed by atoms with Crippen LogP contribution in [0.3, 0.4) is 0 Å². The van der Waals surface area contributed by atoms with Crippen molar-refractivity contribution < 1.29 is 36.6 Å². The van der Waals surface area contributed by atoms with Crippen molar-refractivity contribution in [2.24, 2.45) is 0 Å². The van der Waals surface area contributed by atoms with Gasteiger partial charge >= 0.3 is 12.1 Å². The molecule has 1 saturated heterocycles. The molecule has 1 aliphatic heterocycles. The van der Waals surface area contributed by atoms with Crippen LogP contribution >= 0.6 is 0 Å². The molecular formula is C15H16F4O4. The van der Waals surface area contributed by atoms with Gasteiger partial charge in [0.05, 0.1) is 14.2 Å². The van der Waals surface area contributed by atoms with Gasteiger partial charge in [-0.2, -0.15) is 13.2 Å². The topological polar surface area (TPSA) is 44.8 Å². The van der Waals surface area contributed by atoms with E-state index in [1.165, 1.54) is 19.2 Å². The van der Waals surface area contributed by atoms with Crippen molar-refractivity contribution in [3.8, 4) is 5.75 Å². The molecule has 2 rings (SSSR count). The summed E-state index contributed by atoms with van der Waals surface area (Å²) < 4.78 is 68.5. The Morgan fingerprint density at radius 1 is 1.35 bits per heavy atom. The number of carbonyl (C=O) groups excluding carboxylic acids is 1. The second-order valence-corrected chi connectivity index (χ2v) is 5.46. The van der Waals surface area contributed by atoms with Crippen molar-refractivity contribution >= 4 is 5.97 Å². The summed E-state index contributed by atoms with van der Waals surface area (Å²) in [5.41, 5.74) is -2.71. The predicted molar refractivity (Wildman–Crippen MR) is 71.7 cm³/mol. The number of ether oxygens (including phenoxy) is 3. The fourth-order valence-electron chi connectivity index (χ4n) is 2.76. The number of benzene rings is 1. The fraction of sp³-hybridized carbons (Fsp3) is 0.533. The zero-order chi connectivity index (χ0) is 17.4. The van der Waals surface area contributed by atoms with Gasteiger partial charge in [-0.3, -0.25) is 0 Å². The molecule has 1 aliphatic rings. The molecule has 0 radical (unpaired) electrons. The summed E-state index contributed by atoms with van der Waals surface area (Å²) in [5, 5.41) is 0. The van der Waals surface area contributed by atoms with Crippen LogP contribution in [-0.2, 0) is 14.3 Å². The molecule has 0 bridgehead atoms. The van der Waals surface area contributed by atoms with Crippen LogP contribution in [0.15, 0.2) is 18.2 Å². The highest BCUT2D eigenvalue weighted by atomic mass is 19.4. The van der Waals surface area contributed by atoms with Crippen molar-refractivity contribution in [1.29, 1.82) is 0 Å². The average Bonchev–Trinajstić information content (AvgIpc) is 2.84. The van der Waals surface area contributed by atoms with Gasteiger partial charge in [0.15, 0.2) is 11.7 Å². The van der Waals surface area contributed by atoms with Gasteiger partial charge in [-0.05, 0) is 25.5 Å². The van der Waals surface area contributed by atoms with Crippen molar-refractivity contribution in [2.75, 3.05) is 14.2 Å². The number of esters is 1. The van der Waals surface area contributed by atoms with Gasteiger partial charge in [-0.1, -0.05) is 6.07 Å². The van der Waals surface area contributed by atoms with E-state index in [-0.39, 0.29) is 11.3 Å². The lowest BCUT2D eigenvalue weighted by molar-refractivity contribution is -0.264. The largest absolute Gasteiger partial charge is 0.496 e. The van der Waals surface area contributed by atoms with Crippen LogP contribution in [0.1, 0.15) is 24.8 Å². The molecule has 128 valence electrons.